The minimum absolute atomic E-state index is 0.113. The van der Waals surface area contributed by atoms with Crippen LogP contribution in [0.5, 0.6) is 5.75 Å². The molecule has 2 atom stereocenters. The smallest absolute Gasteiger partial charge is 0.287 e. The summed E-state index contributed by atoms with van der Waals surface area (Å²) in [6, 6.07) is 11.1. The molecule has 0 amide bonds. The number of hydrogen-bond donors (Lipinski definition) is 0. The van der Waals surface area contributed by atoms with Crippen LogP contribution in [0.15, 0.2) is 53.4 Å². The third-order valence-electron chi connectivity index (χ3n) is 4.61. The van der Waals surface area contributed by atoms with E-state index in [0.29, 0.717) is 24.5 Å². The van der Waals surface area contributed by atoms with Crippen molar-refractivity contribution in [1.82, 2.24) is 0 Å². The Hall–Kier alpha value is -1.95. The summed E-state index contributed by atoms with van der Waals surface area (Å²) in [6.45, 7) is 4.56. The maximum absolute atomic E-state index is 13.5. The Labute approximate surface area is 144 Å². The van der Waals surface area contributed by atoms with Crippen LogP contribution < -0.4 is 4.74 Å². The molecule has 1 aromatic heterocycles. The maximum atomic E-state index is 13.5. The van der Waals surface area contributed by atoms with Gasteiger partial charge in [-0.25, -0.2) is 0 Å². The molecule has 124 valence electrons. The number of para-hydroxylation sites is 1. The molecule has 24 heavy (non-hydrogen) atoms. The SMILES string of the molecule is CCOC1(c2cccs2)Oc2ccccc2C(=O)C12OCC=C2C. The van der Waals surface area contributed by atoms with Crippen molar-refractivity contribution in [3.8, 4) is 5.75 Å². The fourth-order valence-electron chi connectivity index (χ4n) is 3.55. The van der Waals surface area contributed by atoms with Gasteiger partial charge in [0.2, 0.25) is 11.4 Å². The minimum atomic E-state index is -1.31. The van der Waals surface area contributed by atoms with E-state index >= 15 is 0 Å². The van der Waals surface area contributed by atoms with Crippen LogP contribution in [-0.4, -0.2) is 24.6 Å². The summed E-state index contributed by atoms with van der Waals surface area (Å²) in [6.07, 6.45) is 1.93. The Morgan fingerprint density at radius 2 is 2.08 bits per heavy atom. The molecule has 3 heterocycles. The number of carbonyl (C=O) groups excluding carboxylic acids is 1. The summed E-state index contributed by atoms with van der Waals surface area (Å²) in [5.41, 5.74) is 0.0604. The molecule has 1 spiro atoms. The fraction of sp³-hybridized carbons (Fsp3) is 0.316. The third-order valence-corrected chi connectivity index (χ3v) is 5.56. The van der Waals surface area contributed by atoms with E-state index in [1.807, 2.05) is 49.6 Å². The topological polar surface area (TPSA) is 44.8 Å². The lowest BCUT2D eigenvalue weighted by atomic mass is 9.76. The lowest BCUT2D eigenvalue weighted by Gasteiger charge is -2.48. The quantitative estimate of drug-likeness (QED) is 0.793. The molecular formula is C19H18O4S. The first-order valence-corrected chi connectivity index (χ1v) is 8.85. The number of fused-ring (bicyclic) bond motifs is 1. The first kappa shape index (κ1) is 15.6. The molecule has 0 bridgehead atoms. The van der Waals surface area contributed by atoms with Crippen LogP contribution in [0.3, 0.4) is 0 Å². The molecule has 4 nitrogen and oxygen atoms in total. The lowest BCUT2D eigenvalue weighted by molar-refractivity contribution is -0.269. The number of carbonyl (C=O) groups is 1. The molecule has 0 aliphatic carbocycles. The highest BCUT2D eigenvalue weighted by Gasteiger charge is 2.68. The van der Waals surface area contributed by atoms with Gasteiger partial charge in [0.15, 0.2) is 0 Å². The van der Waals surface area contributed by atoms with Crippen LogP contribution in [-0.2, 0) is 15.3 Å². The second kappa shape index (κ2) is 5.55. The monoisotopic (exact) mass is 342 g/mol. The van der Waals surface area contributed by atoms with Crippen LogP contribution in [0.1, 0.15) is 29.1 Å². The van der Waals surface area contributed by atoms with E-state index in [2.05, 4.69) is 0 Å². The predicted molar refractivity (Wildman–Crippen MR) is 91.5 cm³/mol. The molecule has 1 aromatic carbocycles. The molecule has 0 saturated carbocycles. The van der Waals surface area contributed by atoms with E-state index in [-0.39, 0.29) is 5.78 Å². The highest BCUT2D eigenvalue weighted by Crippen LogP contribution is 2.54. The van der Waals surface area contributed by atoms with Crippen molar-refractivity contribution in [2.24, 2.45) is 0 Å². The van der Waals surface area contributed by atoms with E-state index < -0.39 is 11.4 Å². The normalized spacial score (nSPS) is 28.6. The molecule has 0 radical (unpaired) electrons. The Morgan fingerprint density at radius 3 is 2.75 bits per heavy atom. The highest BCUT2D eigenvalue weighted by molar-refractivity contribution is 7.10. The zero-order valence-electron chi connectivity index (χ0n) is 13.6. The standard InChI is InChI=1S/C19H18O4S/c1-3-21-19(16-9-6-12-24-16)18(13(2)10-11-22-18)17(20)14-7-4-5-8-15(14)23-19/h4-10,12H,3,11H2,1-2H3. The van der Waals surface area contributed by atoms with Gasteiger partial charge in [-0.05, 0) is 43.0 Å². The van der Waals surface area contributed by atoms with E-state index in [1.165, 1.54) is 11.3 Å². The molecule has 2 aliphatic heterocycles. The van der Waals surface area contributed by atoms with Crippen LogP contribution in [0.25, 0.3) is 0 Å². The minimum Gasteiger partial charge on any atom is -0.452 e. The van der Waals surface area contributed by atoms with Gasteiger partial charge in [0.1, 0.15) is 5.75 Å². The second-order valence-electron chi connectivity index (χ2n) is 5.83. The summed E-state index contributed by atoms with van der Waals surface area (Å²) >= 11 is 1.50. The lowest BCUT2D eigenvalue weighted by Crippen LogP contribution is -2.64. The van der Waals surface area contributed by atoms with Gasteiger partial charge in [0, 0.05) is 6.61 Å². The molecule has 0 N–H and O–H groups in total. The van der Waals surface area contributed by atoms with Crippen molar-refractivity contribution >= 4 is 17.1 Å². The molecule has 0 saturated heterocycles. The third kappa shape index (κ3) is 1.83. The van der Waals surface area contributed by atoms with E-state index in [9.17, 15) is 4.79 Å². The zero-order valence-corrected chi connectivity index (χ0v) is 14.4. The van der Waals surface area contributed by atoms with Crippen molar-refractivity contribution in [2.75, 3.05) is 13.2 Å². The summed E-state index contributed by atoms with van der Waals surface area (Å²) in [5, 5.41) is 1.95. The fourth-order valence-corrected chi connectivity index (χ4v) is 4.41. The van der Waals surface area contributed by atoms with Crippen LogP contribution in [0.2, 0.25) is 0 Å². The number of rotatable bonds is 3. The molecule has 0 fully saturated rings. The Morgan fingerprint density at radius 1 is 1.25 bits per heavy atom. The molecule has 2 aliphatic rings. The molecule has 5 heteroatoms. The van der Waals surface area contributed by atoms with Crippen LogP contribution in [0.4, 0.5) is 0 Å². The van der Waals surface area contributed by atoms with Gasteiger partial charge in [0.05, 0.1) is 17.0 Å². The summed E-state index contributed by atoms with van der Waals surface area (Å²) in [7, 11) is 0. The van der Waals surface area contributed by atoms with Crippen molar-refractivity contribution < 1.29 is 19.0 Å². The average molecular weight is 342 g/mol. The van der Waals surface area contributed by atoms with Gasteiger partial charge in [-0.2, -0.15) is 0 Å². The van der Waals surface area contributed by atoms with Gasteiger partial charge in [0.25, 0.3) is 5.79 Å². The number of ether oxygens (including phenoxy) is 3. The molecular weight excluding hydrogens is 324 g/mol. The van der Waals surface area contributed by atoms with Gasteiger partial charge in [-0.3, -0.25) is 4.79 Å². The second-order valence-corrected chi connectivity index (χ2v) is 6.78. The number of ketones is 1. The van der Waals surface area contributed by atoms with Gasteiger partial charge in [-0.1, -0.05) is 24.3 Å². The first-order chi connectivity index (χ1) is 11.7. The Bertz CT molecular complexity index is 811. The average Bonchev–Trinajstić information content (AvgIpc) is 3.24. The molecule has 4 rings (SSSR count). The van der Waals surface area contributed by atoms with Crippen molar-refractivity contribution in [3.63, 3.8) is 0 Å². The summed E-state index contributed by atoms with van der Waals surface area (Å²) in [4.78, 5) is 14.3. The Balaban J connectivity index is 2.03. The van der Waals surface area contributed by atoms with Gasteiger partial charge in [-0.15, -0.1) is 11.3 Å². The maximum Gasteiger partial charge on any atom is 0.287 e. The van der Waals surface area contributed by atoms with Crippen molar-refractivity contribution in [1.29, 1.82) is 0 Å². The van der Waals surface area contributed by atoms with Gasteiger partial charge >= 0.3 is 0 Å². The van der Waals surface area contributed by atoms with E-state index in [1.54, 1.807) is 12.1 Å². The van der Waals surface area contributed by atoms with Crippen molar-refractivity contribution in [3.05, 3.63) is 63.9 Å². The Kier molecular flexibility index (Phi) is 3.60. The van der Waals surface area contributed by atoms with E-state index in [0.717, 1.165) is 10.5 Å². The number of benzene rings is 1. The summed E-state index contributed by atoms with van der Waals surface area (Å²) in [5.74, 6) is -0.894. The van der Waals surface area contributed by atoms with Crippen molar-refractivity contribution in [2.45, 2.75) is 25.2 Å². The largest absolute Gasteiger partial charge is 0.452 e. The first-order valence-electron chi connectivity index (χ1n) is 7.97. The molecule has 2 aromatic rings. The van der Waals surface area contributed by atoms with Gasteiger partial charge < -0.3 is 14.2 Å². The van der Waals surface area contributed by atoms with Crippen LogP contribution in [0, 0.1) is 0 Å². The highest BCUT2D eigenvalue weighted by atomic mass is 32.1. The number of thiophene rings is 1. The number of hydrogen-bond acceptors (Lipinski definition) is 5. The molecule has 2 unspecified atom stereocenters. The zero-order chi connectivity index (χ0) is 16.8. The predicted octanol–water partition coefficient (Wildman–Crippen LogP) is 3.93. The number of Topliss-reactive ketones (excluding diaryl/α,β-unsaturated/α-hetero) is 1. The van der Waals surface area contributed by atoms with Crippen LogP contribution >= 0.6 is 11.3 Å². The summed E-state index contributed by atoms with van der Waals surface area (Å²) < 4.78 is 18.6. The van der Waals surface area contributed by atoms with E-state index in [4.69, 9.17) is 14.2 Å².